The van der Waals surface area contributed by atoms with E-state index in [4.69, 9.17) is 19.4 Å². The minimum absolute atomic E-state index is 0.167. The molecule has 0 bridgehead atoms. The third kappa shape index (κ3) is 4.39. The first kappa shape index (κ1) is 22.9. The molecule has 0 unspecified atom stereocenters. The van der Waals surface area contributed by atoms with Crippen LogP contribution in [0.15, 0.2) is 65.7 Å². The zero-order chi connectivity index (χ0) is 24.5. The van der Waals surface area contributed by atoms with Gasteiger partial charge in [0.25, 0.3) is 0 Å². The van der Waals surface area contributed by atoms with Crippen molar-refractivity contribution in [2.45, 2.75) is 30.7 Å². The number of benzene rings is 3. The van der Waals surface area contributed by atoms with E-state index >= 15 is 0 Å². The summed E-state index contributed by atoms with van der Waals surface area (Å²) in [5.41, 5.74) is 2.94. The molecule has 0 spiro atoms. The molecular formula is C29H27N3O3S. The van der Waals surface area contributed by atoms with Gasteiger partial charge in [0.1, 0.15) is 16.5 Å². The van der Waals surface area contributed by atoms with Gasteiger partial charge in [-0.2, -0.15) is 4.98 Å². The van der Waals surface area contributed by atoms with Gasteiger partial charge in [0.2, 0.25) is 11.8 Å². The van der Waals surface area contributed by atoms with Crippen LogP contribution in [0.1, 0.15) is 30.4 Å². The van der Waals surface area contributed by atoms with E-state index in [1.54, 1.807) is 7.11 Å². The summed E-state index contributed by atoms with van der Waals surface area (Å²) in [7, 11) is 1.65. The Hall–Kier alpha value is -3.58. The van der Waals surface area contributed by atoms with Crippen molar-refractivity contribution in [3.8, 4) is 28.8 Å². The molecule has 0 aliphatic carbocycles. The topological polar surface area (TPSA) is 64.5 Å². The number of carbonyl (C=O) groups excluding carboxylic acids is 1. The largest absolute Gasteiger partial charge is 0.497 e. The van der Waals surface area contributed by atoms with Crippen molar-refractivity contribution in [2.24, 2.45) is 0 Å². The lowest BCUT2D eigenvalue weighted by Crippen LogP contribution is -2.36. The monoisotopic (exact) mass is 497 g/mol. The molecule has 182 valence electrons. The van der Waals surface area contributed by atoms with Crippen LogP contribution in [-0.2, 0) is 11.2 Å². The summed E-state index contributed by atoms with van der Waals surface area (Å²) in [5.74, 6) is 3.26. The van der Waals surface area contributed by atoms with E-state index in [1.807, 2.05) is 47.4 Å². The van der Waals surface area contributed by atoms with Crippen molar-refractivity contribution in [2.75, 3.05) is 26.0 Å². The molecule has 2 aliphatic heterocycles. The summed E-state index contributed by atoms with van der Waals surface area (Å²) >= 11 is 1.49. The normalized spacial score (nSPS) is 14.6. The number of rotatable bonds is 5. The minimum Gasteiger partial charge on any atom is -0.497 e. The van der Waals surface area contributed by atoms with Crippen molar-refractivity contribution in [3.05, 3.63) is 71.8 Å². The summed E-state index contributed by atoms with van der Waals surface area (Å²) in [6.07, 6.45) is 4.03. The Balaban J connectivity index is 1.38. The van der Waals surface area contributed by atoms with Crippen LogP contribution in [0.25, 0.3) is 22.2 Å². The standard InChI is InChI=1S/C29H27N3O3S/c1-34-21-12-9-20(10-13-21)27-30-28-24(29(31-27)36-18-26(33)32-15-5-2-6-16-32)17-23-22-8-4-3-7-19(22)11-14-25(23)35-28/h3-4,7-14H,2,5-6,15-18H2,1H3. The van der Waals surface area contributed by atoms with Gasteiger partial charge < -0.3 is 14.4 Å². The lowest BCUT2D eigenvalue weighted by molar-refractivity contribution is -0.129. The number of hydrogen-bond acceptors (Lipinski definition) is 6. The van der Waals surface area contributed by atoms with E-state index < -0.39 is 0 Å². The molecule has 0 saturated carbocycles. The lowest BCUT2D eigenvalue weighted by atomic mass is 9.97. The number of nitrogens with zero attached hydrogens (tertiary/aromatic N) is 3. The number of piperidine rings is 1. The number of aromatic nitrogens is 2. The zero-order valence-corrected chi connectivity index (χ0v) is 21.0. The molecule has 2 aliphatic rings. The van der Waals surface area contributed by atoms with E-state index in [9.17, 15) is 4.79 Å². The molecule has 3 aromatic carbocycles. The Bertz CT molecular complexity index is 1430. The molecule has 0 N–H and O–H groups in total. The van der Waals surface area contributed by atoms with Crippen molar-refractivity contribution in [3.63, 3.8) is 0 Å². The predicted molar refractivity (Wildman–Crippen MR) is 142 cm³/mol. The van der Waals surface area contributed by atoms with Crippen LogP contribution in [0.3, 0.4) is 0 Å². The fourth-order valence-corrected chi connectivity index (χ4v) is 5.84. The summed E-state index contributed by atoms with van der Waals surface area (Å²) in [6, 6.07) is 20.1. The Kier molecular flexibility index (Phi) is 6.23. The number of thioether (sulfide) groups is 1. The Morgan fingerprint density at radius 3 is 2.58 bits per heavy atom. The number of fused-ring (bicyclic) bond motifs is 4. The van der Waals surface area contributed by atoms with Gasteiger partial charge in [-0.05, 0) is 60.4 Å². The highest BCUT2D eigenvalue weighted by Gasteiger charge is 2.27. The first-order valence-electron chi connectivity index (χ1n) is 12.3. The van der Waals surface area contributed by atoms with Gasteiger partial charge in [0.05, 0.1) is 18.4 Å². The van der Waals surface area contributed by atoms with Crippen LogP contribution >= 0.6 is 11.8 Å². The average molecular weight is 498 g/mol. The molecule has 1 aromatic heterocycles. The van der Waals surface area contributed by atoms with Gasteiger partial charge >= 0.3 is 0 Å². The highest BCUT2D eigenvalue weighted by atomic mass is 32.2. The van der Waals surface area contributed by atoms with Crippen molar-refractivity contribution in [1.82, 2.24) is 14.9 Å². The molecule has 36 heavy (non-hydrogen) atoms. The summed E-state index contributed by atoms with van der Waals surface area (Å²) < 4.78 is 11.7. The van der Waals surface area contributed by atoms with E-state index in [0.29, 0.717) is 23.9 Å². The van der Waals surface area contributed by atoms with Gasteiger partial charge in [-0.3, -0.25) is 4.79 Å². The number of carbonyl (C=O) groups is 1. The molecule has 1 amide bonds. The zero-order valence-electron chi connectivity index (χ0n) is 20.2. The minimum atomic E-state index is 0.167. The van der Waals surface area contributed by atoms with Crippen LogP contribution in [0, 0.1) is 0 Å². The number of likely N-dealkylation sites (tertiary alicyclic amines) is 1. The highest BCUT2D eigenvalue weighted by molar-refractivity contribution is 7.99. The Labute approximate surface area is 214 Å². The third-order valence-electron chi connectivity index (χ3n) is 6.88. The fourth-order valence-electron chi connectivity index (χ4n) is 4.91. The van der Waals surface area contributed by atoms with E-state index in [-0.39, 0.29) is 5.91 Å². The van der Waals surface area contributed by atoms with Gasteiger partial charge in [-0.25, -0.2) is 4.98 Å². The number of methoxy groups -OCH3 is 1. The van der Waals surface area contributed by atoms with E-state index in [1.165, 1.54) is 29.0 Å². The smallest absolute Gasteiger partial charge is 0.232 e. The average Bonchev–Trinajstić information content (AvgIpc) is 2.95. The molecule has 3 heterocycles. The van der Waals surface area contributed by atoms with Crippen molar-refractivity contribution < 1.29 is 14.3 Å². The SMILES string of the molecule is COc1ccc(-c2nc3c(c(SCC(=O)N4CCCCC4)n2)Cc2c(ccc4ccccc24)O3)cc1. The second kappa shape index (κ2) is 9.82. The van der Waals surface area contributed by atoms with Crippen LogP contribution in [0.5, 0.6) is 17.4 Å². The summed E-state index contributed by atoms with van der Waals surface area (Å²) in [6.45, 7) is 1.70. The van der Waals surface area contributed by atoms with Crippen LogP contribution in [0.2, 0.25) is 0 Å². The fraction of sp³-hybridized carbons (Fsp3) is 0.276. The Morgan fingerprint density at radius 1 is 0.972 bits per heavy atom. The highest BCUT2D eigenvalue weighted by Crippen LogP contribution is 2.43. The molecule has 7 heteroatoms. The molecule has 6 rings (SSSR count). The van der Waals surface area contributed by atoms with Gasteiger partial charge in [0, 0.05) is 30.6 Å². The lowest BCUT2D eigenvalue weighted by Gasteiger charge is -2.27. The van der Waals surface area contributed by atoms with E-state index in [2.05, 4.69) is 18.2 Å². The molecule has 1 saturated heterocycles. The van der Waals surface area contributed by atoms with Crippen LogP contribution in [-0.4, -0.2) is 46.7 Å². The summed E-state index contributed by atoms with van der Waals surface area (Å²) in [4.78, 5) is 24.7. The maximum Gasteiger partial charge on any atom is 0.232 e. The predicted octanol–water partition coefficient (Wildman–Crippen LogP) is 6.11. The second-order valence-corrected chi connectivity index (χ2v) is 10.1. The number of ether oxygens (including phenoxy) is 2. The number of hydrogen-bond donors (Lipinski definition) is 0. The number of amides is 1. The quantitative estimate of drug-likeness (QED) is 0.216. The van der Waals surface area contributed by atoms with E-state index in [0.717, 1.165) is 59.1 Å². The van der Waals surface area contributed by atoms with Gasteiger partial charge in [-0.1, -0.05) is 42.1 Å². The molecule has 0 radical (unpaired) electrons. The van der Waals surface area contributed by atoms with Gasteiger partial charge in [0.15, 0.2) is 5.82 Å². The van der Waals surface area contributed by atoms with Crippen LogP contribution < -0.4 is 9.47 Å². The maximum atomic E-state index is 13.0. The van der Waals surface area contributed by atoms with Crippen molar-refractivity contribution in [1.29, 1.82) is 0 Å². The summed E-state index contributed by atoms with van der Waals surface area (Å²) in [5, 5.41) is 3.14. The maximum absolute atomic E-state index is 13.0. The molecule has 6 nitrogen and oxygen atoms in total. The second-order valence-electron chi connectivity index (χ2n) is 9.14. The van der Waals surface area contributed by atoms with Crippen LogP contribution in [0.4, 0.5) is 0 Å². The molecule has 1 fully saturated rings. The first-order chi connectivity index (χ1) is 17.7. The molecule has 4 aromatic rings. The first-order valence-corrected chi connectivity index (χ1v) is 13.3. The molecule has 0 atom stereocenters. The van der Waals surface area contributed by atoms with Gasteiger partial charge in [-0.15, -0.1) is 0 Å². The molecular weight excluding hydrogens is 470 g/mol. The van der Waals surface area contributed by atoms with Crippen molar-refractivity contribution >= 4 is 28.4 Å². The third-order valence-corrected chi connectivity index (χ3v) is 7.88. The Morgan fingerprint density at radius 2 is 1.78 bits per heavy atom.